The largest absolute Gasteiger partial charge is 0.440 e. The number of alkyl halides is 1. The Kier molecular flexibility index (Phi) is 8.44. The summed E-state index contributed by atoms with van der Waals surface area (Å²) in [6.07, 6.45) is -3.71. The molecule has 1 amide bonds. The Labute approximate surface area is 217 Å². The minimum absolute atomic E-state index is 0.0502. The first-order valence-electron chi connectivity index (χ1n) is 11.6. The summed E-state index contributed by atoms with van der Waals surface area (Å²) < 4.78 is 74.0. The van der Waals surface area contributed by atoms with E-state index in [0.717, 1.165) is 24.3 Å². The molecule has 1 atom stereocenters. The number of ether oxygens (including phenoxy) is 1. The third kappa shape index (κ3) is 6.19. The zero-order valence-corrected chi connectivity index (χ0v) is 22.4. The molecule has 3 aromatic carbocycles. The number of sulfone groups is 2. The molecule has 10 heteroatoms. The van der Waals surface area contributed by atoms with Crippen LogP contribution in [-0.2, 0) is 30.8 Å². The van der Waals surface area contributed by atoms with Crippen LogP contribution >= 0.6 is 0 Å². The number of hydrogen-bond acceptors (Lipinski definition) is 6. The van der Waals surface area contributed by atoms with Crippen LogP contribution in [0.3, 0.4) is 0 Å². The molecule has 3 aromatic rings. The lowest BCUT2D eigenvalue weighted by atomic mass is 10.1. The molecule has 0 saturated carbocycles. The van der Waals surface area contributed by atoms with E-state index in [9.17, 15) is 21.6 Å². The summed E-state index contributed by atoms with van der Waals surface area (Å²) in [6.45, 7) is 4.95. The molecule has 7 nitrogen and oxygen atoms in total. The first kappa shape index (κ1) is 28.3. The average molecular weight is 548 g/mol. The van der Waals surface area contributed by atoms with Crippen LogP contribution in [0.5, 0.6) is 0 Å². The summed E-state index contributed by atoms with van der Waals surface area (Å²) in [5.74, 6) is 0. The van der Waals surface area contributed by atoms with Gasteiger partial charge in [0, 0.05) is 5.54 Å². The lowest BCUT2D eigenvalue weighted by molar-refractivity contribution is 0.0462. The second-order valence-corrected chi connectivity index (χ2v) is 13.9. The molecule has 0 spiro atoms. The molecule has 1 N–H and O–H groups in total. The van der Waals surface area contributed by atoms with Gasteiger partial charge < -0.3 is 10.1 Å². The van der Waals surface area contributed by atoms with E-state index in [2.05, 4.69) is 5.32 Å². The maximum Gasteiger partial charge on any atom is 0.407 e. The van der Waals surface area contributed by atoms with E-state index >= 15 is 4.39 Å². The zero-order chi connectivity index (χ0) is 27.3. The SMILES string of the molecule is CC(C)(C)NC(=O)OC(CCc1ccccc1)C(F)(S(=O)(=O)c1ccccc1)S(=O)(=O)c1ccccc1. The average Bonchev–Trinajstić information content (AvgIpc) is 2.86. The number of nitrogens with one attached hydrogen (secondary N) is 1. The Hall–Kier alpha value is -3.24. The van der Waals surface area contributed by atoms with E-state index in [1.165, 1.54) is 36.4 Å². The number of carbonyl (C=O) groups is 1. The lowest BCUT2D eigenvalue weighted by Gasteiger charge is -2.33. The topological polar surface area (TPSA) is 107 Å². The first-order chi connectivity index (χ1) is 17.3. The molecule has 0 radical (unpaired) electrons. The van der Waals surface area contributed by atoms with Gasteiger partial charge in [0.25, 0.3) is 0 Å². The van der Waals surface area contributed by atoms with Crippen molar-refractivity contribution >= 4 is 25.8 Å². The van der Waals surface area contributed by atoms with E-state index in [0.29, 0.717) is 5.56 Å². The van der Waals surface area contributed by atoms with Crippen LogP contribution in [0.1, 0.15) is 32.8 Å². The number of rotatable bonds is 9. The van der Waals surface area contributed by atoms with Crippen molar-refractivity contribution < 1.29 is 30.8 Å². The van der Waals surface area contributed by atoms with Gasteiger partial charge in [-0.25, -0.2) is 26.0 Å². The molecule has 0 aliphatic heterocycles. The second-order valence-electron chi connectivity index (χ2n) is 9.51. The van der Waals surface area contributed by atoms with E-state index in [1.54, 1.807) is 51.1 Å². The van der Waals surface area contributed by atoms with Crippen LogP contribution < -0.4 is 5.32 Å². The number of carbonyl (C=O) groups excluding carboxylic acids is 1. The van der Waals surface area contributed by atoms with Gasteiger partial charge in [-0.3, -0.25) is 0 Å². The highest BCUT2D eigenvalue weighted by molar-refractivity contribution is 8.10. The number of benzene rings is 3. The molecule has 0 aliphatic rings. The van der Waals surface area contributed by atoms with Crippen molar-refractivity contribution in [2.45, 2.75) is 59.4 Å². The lowest BCUT2D eigenvalue weighted by Crippen LogP contribution is -2.55. The normalized spacial score (nSPS) is 13.5. The molecule has 0 aliphatic carbocycles. The molecule has 0 heterocycles. The molecular weight excluding hydrogens is 517 g/mol. The third-order valence-corrected chi connectivity index (χ3v) is 10.6. The van der Waals surface area contributed by atoms with Gasteiger partial charge in [0.1, 0.15) is 0 Å². The zero-order valence-electron chi connectivity index (χ0n) is 20.8. The molecule has 0 fully saturated rings. The van der Waals surface area contributed by atoms with Gasteiger partial charge in [0.15, 0.2) is 6.10 Å². The molecule has 198 valence electrons. The molecule has 37 heavy (non-hydrogen) atoms. The molecule has 0 saturated heterocycles. The van der Waals surface area contributed by atoms with Gasteiger partial charge in [-0.05, 0) is 63.4 Å². The van der Waals surface area contributed by atoms with Crippen LogP contribution in [0.2, 0.25) is 0 Å². The maximum atomic E-state index is 17.4. The smallest absolute Gasteiger partial charge is 0.407 e. The fourth-order valence-electron chi connectivity index (χ4n) is 3.72. The highest BCUT2D eigenvalue weighted by Gasteiger charge is 2.64. The van der Waals surface area contributed by atoms with Gasteiger partial charge >= 0.3 is 10.4 Å². The monoisotopic (exact) mass is 547 g/mol. The van der Waals surface area contributed by atoms with Crippen molar-refractivity contribution in [3.05, 3.63) is 96.6 Å². The number of aryl methyl sites for hydroxylation is 1. The third-order valence-electron chi connectivity index (χ3n) is 5.49. The fraction of sp³-hybridized carbons (Fsp3) is 0.296. The molecule has 3 rings (SSSR count). The van der Waals surface area contributed by atoms with Gasteiger partial charge in [0.2, 0.25) is 19.7 Å². The summed E-state index contributed by atoms with van der Waals surface area (Å²) in [7, 11) is -10.5. The quantitative estimate of drug-likeness (QED) is 0.400. The van der Waals surface area contributed by atoms with Crippen LogP contribution in [0.15, 0.2) is 101 Å². The Morgan fingerprint density at radius 3 is 1.59 bits per heavy atom. The van der Waals surface area contributed by atoms with Crippen molar-refractivity contribution in [1.29, 1.82) is 0 Å². The number of hydrogen-bond donors (Lipinski definition) is 1. The Balaban J connectivity index is 2.22. The predicted octanol–water partition coefficient (Wildman–Crippen LogP) is 5.08. The van der Waals surface area contributed by atoms with E-state index in [1.807, 2.05) is 0 Å². The Morgan fingerprint density at radius 1 is 0.784 bits per heavy atom. The van der Waals surface area contributed by atoms with Gasteiger partial charge in [0.05, 0.1) is 9.79 Å². The van der Waals surface area contributed by atoms with Crippen molar-refractivity contribution in [3.8, 4) is 0 Å². The Morgan fingerprint density at radius 2 is 1.19 bits per heavy atom. The van der Waals surface area contributed by atoms with Gasteiger partial charge in [-0.2, -0.15) is 0 Å². The molecule has 1 unspecified atom stereocenters. The highest BCUT2D eigenvalue weighted by Crippen LogP contribution is 2.42. The van der Waals surface area contributed by atoms with Gasteiger partial charge in [-0.15, -0.1) is 0 Å². The molecular formula is C27H30FNO6S2. The fourth-order valence-corrected chi connectivity index (χ4v) is 8.15. The van der Waals surface area contributed by atoms with Crippen molar-refractivity contribution in [1.82, 2.24) is 5.32 Å². The first-order valence-corrected chi connectivity index (χ1v) is 14.6. The minimum Gasteiger partial charge on any atom is -0.440 e. The molecule has 0 aromatic heterocycles. The molecule has 0 bridgehead atoms. The predicted molar refractivity (Wildman–Crippen MR) is 139 cm³/mol. The number of amides is 1. The highest BCUT2D eigenvalue weighted by atomic mass is 32.3. The van der Waals surface area contributed by atoms with E-state index < -0.39 is 58.0 Å². The van der Waals surface area contributed by atoms with Crippen molar-refractivity contribution in [3.63, 3.8) is 0 Å². The summed E-state index contributed by atoms with van der Waals surface area (Å²) in [4.78, 5) is 11.7. The summed E-state index contributed by atoms with van der Waals surface area (Å²) >= 11 is 0. The summed E-state index contributed by atoms with van der Waals surface area (Å²) in [6, 6.07) is 21.6. The van der Waals surface area contributed by atoms with Crippen LogP contribution in [0.4, 0.5) is 9.18 Å². The maximum absolute atomic E-state index is 17.4. The van der Waals surface area contributed by atoms with Crippen LogP contribution in [-0.4, -0.2) is 38.9 Å². The van der Waals surface area contributed by atoms with Crippen molar-refractivity contribution in [2.75, 3.05) is 0 Å². The number of halogens is 1. The summed E-state index contributed by atoms with van der Waals surface area (Å²) in [5, 5.41) is 2.48. The van der Waals surface area contributed by atoms with Crippen LogP contribution in [0.25, 0.3) is 0 Å². The second kappa shape index (κ2) is 11.0. The Bertz CT molecular complexity index is 1340. The summed E-state index contributed by atoms with van der Waals surface area (Å²) in [5.41, 5.74) is -0.125. The van der Waals surface area contributed by atoms with Crippen LogP contribution in [0, 0.1) is 0 Å². The number of alkyl carbamates (subject to hydrolysis) is 1. The minimum atomic E-state index is -5.26. The van der Waals surface area contributed by atoms with Crippen molar-refractivity contribution in [2.24, 2.45) is 0 Å². The van der Waals surface area contributed by atoms with E-state index in [-0.39, 0.29) is 6.42 Å². The standard InChI is InChI=1S/C27H30FNO6S2/c1-26(2,3)29-25(30)35-24(20-19-21-13-7-4-8-14-21)27(28,36(31,32)22-15-9-5-10-16-22)37(33,34)23-17-11-6-12-18-23/h4-18,24H,19-20H2,1-3H3,(H,29,30). The van der Waals surface area contributed by atoms with E-state index in [4.69, 9.17) is 4.74 Å². The van der Waals surface area contributed by atoms with Gasteiger partial charge in [-0.1, -0.05) is 66.7 Å².